The van der Waals surface area contributed by atoms with Crippen LogP contribution in [0, 0.1) is 5.41 Å². The largest absolute Gasteiger partial charge is 0.392 e. The number of piperidine rings is 1. The Bertz CT molecular complexity index is 619. The highest BCUT2D eigenvalue weighted by atomic mass is 16.3. The fourth-order valence-corrected chi connectivity index (χ4v) is 3.05. The third-order valence-corrected chi connectivity index (χ3v) is 4.38. The summed E-state index contributed by atoms with van der Waals surface area (Å²) in [5.41, 5.74) is 2.04. The molecule has 2 N–H and O–H groups in total. The maximum absolute atomic E-state index is 10.1. The number of nitrogens with one attached hydrogen (secondary N) is 1. The fraction of sp³-hybridized carbons (Fsp3) is 0.600. The Morgan fingerprint density at radius 2 is 2.25 bits per heavy atom. The summed E-state index contributed by atoms with van der Waals surface area (Å²) in [4.78, 5) is 14.3. The van der Waals surface area contributed by atoms with Gasteiger partial charge in [0.05, 0.1) is 11.5 Å². The number of anilines is 1. The van der Waals surface area contributed by atoms with E-state index in [1.165, 1.54) is 5.56 Å². The molecule has 0 aromatic carbocycles. The number of H-pyrrole nitrogens is 1. The second-order valence-corrected chi connectivity index (χ2v) is 6.30. The van der Waals surface area contributed by atoms with Crippen LogP contribution in [0.3, 0.4) is 0 Å². The molecule has 2 aromatic heterocycles. The Labute approximate surface area is 119 Å². The van der Waals surface area contributed by atoms with Crippen molar-refractivity contribution in [1.29, 1.82) is 0 Å². The number of aromatic amines is 1. The van der Waals surface area contributed by atoms with E-state index in [9.17, 15) is 5.11 Å². The summed E-state index contributed by atoms with van der Waals surface area (Å²) in [5, 5.41) is 11.2. The summed E-state index contributed by atoms with van der Waals surface area (Å²) < 4.78 is 0. The van der Waals surface area contributed by atoms with Crippen molar-refractivity contribution >= 4 is 16.9 Å². The van der Waals surface area contributed by atoms with Crippen molar-refractivity contribution in [2.45, 2.75) is 39.7 Å². The molecule has 0 amide bonds. The quantitative estimate of drug-likeness (QED) is 0.880. The predicted octanol–water partition coefficient (Wildman–Crippen LogP) is 2.12. The Kier molecular flexibility index (Phi) is 3.17. The van der Waals surface area contributed by atoms with Gasteiger partial charge in [0.25, 0.3) is 0 Å². The van der Waals surface area contributed by atoms with Crippen LogP contribution in [-0.4, -0.2) is 39.3 Å². The zero-order valence-electron chi connectivity index (χ0n) is 12.3. The third kappa shape index (κ3) is 2.06. The molecule has 1 fully saturated rings. The lowest BCUT2D eigenvalue weighted by Crippen LogP contribution is -2.49. The minimum atomic E-state index is -0.243. The van der Waals surface area contributed by atoms with Crippen LogP contribution in [0.1, 0.15) is 32.8 Å². The predicted molar refractivity (Wildman–Crippen MR) is 79.9 cm³/mol. The molecule has 0 aliphatic carbocycles. The zero-order valence-corrected chi connectivity index (χ0v) is 12.3. The van der Waals surface area contributed by atoms with Crippen molar-refractivity contribution in [3.8, 4) is 0 Å². The molecule has 3 rings (SSSR count). The molecule has 0 bridgehead atoms. The van der Waals surface area contributed by atoms with E-state index in [-0.39, 0.29) is 11.5 Å². The molecule has 5 heteroatoms. The van der Waals surface area contributed by atoms with Crippen molar-refractivity contribution in [3.63, 3.8) is 0 Å². The van der Waals surface area contributed by atoms with Gasteiger partial charge in [0.2, 0.25) is 0 Å². The molecule has 1 aliphatic heterocycles. The maximum atomic E-state index is 10.1. The molecule has 108 valence electrons. The van der Waals surface area contributed by atoms with E-state index in [0.29, 0.717) is 0 Å². The second-order valence-electron chi connectivity index (χ2n) is 6.30. The summed E-state index contributed by atoms with van der Waals surface area (Å²) in [5.74, 6) is 0.994. The highest BCUT2D eigenvalue weighted by molar-refractivity contribution is 5.90. The molecule has 5 nitrogen and oxygen atoms in total. The first-order valence-electron chi connectivity index (χ1n) is 7.27. The van der Waals surface area contributed by atoms with Crippen LogP contribution in [0.2, 0.25) is 0 Å². The molecule has 1 atom stereocenters. The van der Waals surface area contributed by atoms with Gasteiger partial charge in [-0.05, 0) is 18.4 Å². The number of rotatable bonds is 2. The van der Waals surface area contributed by atoms with Crippen molar-refractivity contribution in [2.75, 3.05) is 18.0 Å². The van der Waals surface area contributed by atoms with Gasteiger partial charge in [-0.25, -0.2) is 9.97 Å². The summed E-state index contributed by atoms with van der Waals surface area (Å²) in [7, 11) is 0. The lowest BCUT2D eigenvalue weighted by atomic mass is 9.81. The van der Waals surface area contributed by atoms with E-state index in [2.05, 4.69) is 40.6 Å². The van der Waals surface area contributed by atoms with Crippen LogP contribution >= 0.6 is 0 Å². The number of aliphatic hydroxyl groups excluding tert-OH is 1. The molecule has 2 aromatic rings. The minimum absolute atomic E-state index is 0.113. The molecule has 1 saturated heterocycles. The Balaban J connectivity index is 2.04. The van der Waals surface area contributed by atoms with Crippen LogP contribution < -0.4 is 4.90 Å². The Morgan fingerprint density at radius 1 is 1.45 bits per heavy atom. The van der Waals surface area contributed by atoms with E-state index in [1.807, 2.05) is 6.20 Å². The number of nitrogens with zero attached hydrogens (tertiary/aromatic N) is 3. The van der Waals surface area contributed by atoms with E-state index in [1.54, 1.807) is 6.33 Å². The molecule has 20 heavy (non-hydrogen) atoms. The van der Waals surface area contributed by atoms with Gasteiger partial charge < -0.3 is 15.0 Å². The SMILES string of the molecule is CCc1c[nH]c2ncnc(N3CCC(O)C(C)(C)C3)c12. The van der Waals surface area contributed by atoms with Gasteiger partial charge in [-0.2, -0.15) is 0 Å². The molecule has 0 saturated carbocycles. The Hall–Kier alpha value is -1.62. The average molecular weight is 274 g/mol. The maximum Gasteiger partial charge on any atom is 0.143 e. The molecular weight excluding hydrogens is 252 g/mol. The van der Waals surface area contributed by atoms with Crippen LogP contribution in [0.25, 0.3) is 11.0 Å². The topological polar surface area (TPSA) is 65.0 Å². The normalized spacial score (nSPS) is 22.4. The zero-order chi connectivity index (χ0) is 14.3. The summed E-state index contributed by atoms with van der Waals surface area (Å²) in [6.07, 6.45) is 5.14. The smallest absolute Gasteiger partial charge is 0.143 e. The van der Waals surface area contributed by atoms with Crippen molar-refractivity contribution in [3.05, 3.63) is 18.1 Å². The van der Waals surface area contributed by atoms with Gasteiger partial charge in [0.15, 0.2) is 0 Å². The number of aliphatic hydroxyl groups is 1. The van der Waals surface area contributed by atoms with E-state index in [4.69, 9.17) is 0 Å². The van der Waals surface area contributed by atoms with Crippen molar-refractivity contribution < 1.29 is 5.11 Å². The summed E-state index contributed by atoms with van der Waals surface area (Å²) in [6.45, 7) is 8.02. The average Bonchev–Trinajstić information content (AvgIpc) is 2.85. The van der Waals surface area contributed by atoms with Crippen LogP contribution in [0.4, 0.5) is 5.82 Å². The molecule has 3 heterocycles. The highest BCUT2D eigenvalue weighted by Crippen LogP contribution is 2.34. The summed E-state index contributed by atoms with van der Waals surface area (Å²) >= 11 is 0. The second kappa shape index (κ2) is 4.74. The summed E-state index contributed by atoms with van der Waals surface area (Å²) in [6, 6.07) is 0. The fourth-order valence-electron chi connectivity index (χ4n) is 3.05. The number of fused-ring (bicyclic) bond motifs is 1. The molecular formula is C15H22N4O. The van der Waals surface area contributed by atoms with Crippen LogP contribution in [0.5, 0.6) is 0 Å². The van der Waals surface area contributed by atoms with E-state index in [0.717, 1.165) is 42.8 Å². The molecule has 1 aliphatic rings. The van der Waals surface area contributed by atoms with Crippen molar-refractivity contribution in [1.82, 2.24) is 15.0 Å². The third-order valence-electron chi connectivity index (χ3n) is 4.38. The van der Waals surface area contributed by atoms with Gasteiger partial charge in [-0.3, -0.25) is 0 Å². The lowest BCUT2D eigenvalue weighted by Gasteiger charge is -2.42. The number of aromatic nitrogens is 3. The molecule has 1 unspecified atom stereocenters. The first kappa shape index (κ1) is 13.4. The van der Waals surface area contributed by atoms with E-state index < -0.39 is 0 Å². The number of hydrogen-bond acceptors (Lipinski definition) is 4. The van der Waals surface area contributed by atoms with Gasteiger partial charge in [0, 0.05) is 24.7 Å². The standard InChI is InChI=1S/C15H22N4O/c1-4-10-7-16-13-12(10)14(18-9-17-13)19-6-5-11(20)15(2,3)8-19/h7,9,11,20H,4-6,8H2,1-3H3,(H,16,17,18). The first-order valence-corrected chi connectivity index (χ1v) is 7.27. The molecule has 0 radical (unpaired) electrons. The number of hydrogen-bond donors (Lipinski definition) is 2. The van der Waals surface area contributed by atoms with Crippen LogP contribution in [-0.2, 0) is 6.42 Å². The van der Waals surface area contributed by atoms with E-state index >= 15 is 0 Å². The molecule has 0 spiro atoms. The monoisotopic (exact) mass is 274 g/mol. The minimum Gasteiger partial charge on any atom is -0.392 e. The first-order chi connectivity index (χ1) is 9.53. The van der Waals surface area contributed by atoms with Gasteiger partial charge >= 0.3 is 0 Å². The van der Waals surface area contributed by atoms with Crippen LogP contribution in [0.15, 0.2) is 12.5 Å². The van der Waals surface area contributed by atoms with Gasteiger partial charge in [0.1, 0.15) is 17.8 Å². The lowest BCUT2D eigenvalue weighted by molar-refractivity contribution is 0.0335. The Morgan fingerprint density at radius 3 is 2.95 bits per heavy atom. The van der Waals surface area contributed by atoms with Gasteiger partial charge in [-0.15, -0.1) is 0 Å². The van der Waals surface area contributed by atoms with Crippen molar-refractivity contribution in [2.24, 2.45) is 5.41 Å². The highest BCUT2D eigenvalue weighted by Gasteiger charge is 2.35. The van der Waals surface area contributed by atoms with Gasteiger partial charge in [-0.1, -0.05) is 20.8 Å². The number of aryl methyl sites for hydroxylation is 1.